The van der Waals surface area contributed by atoms with Crippen molar-refractivity contribution in [1.29, 1.82) is 0 Å². The molecule has 1 N–H and O–H groups in total. The Bertz CT molecular complexity index is 750. The van der Waals surface area contributed by atoms with E-state index in [1.165, 1.54) is 12.8 Å². The number of benzene rings is 2. The number of nitrogens with zero attached hydrogens (tertiary/aromatic N) is 1. The summed E-state index contributed by atoms with van der Waals surface area (Å²) < 4.78 is 10.1. The Labute approximate surface area is 152 Å². The lowest BCUT2D eigenvalue weighted by Crippen LogP contribution is -2.21. The van der Waals surface area contributed by atoms with Crippen LogP contribution in [0.1, 0.15) is 23.2 Å². The molecular weight excluding hydrogens is 332 g/mol. The fraction of sp³-hybridized carbons (Fsp3) is 0.300. The minimum absolute atomic E-state index is 0.335. The van der Waals surface area contributed by atoms with E-state index in [1.807, 2.05) is 24.3 Å². The van der Waals surface area contributed by atoms with Crippen LogP contribution in [-0.4, -0.2) is 38.7 Å². The van der Waals surface area contributed by atoms with E-state index in [9.17, 15) is 9.59 Å². The standard InChI is InChI=1S/C20H22N2O4/c1-25-18-10-4-15(5-11-18)20(24)26-14-19(23)21-16-6-8-17(9-7-16)22-12-2-3-13-22/h4-11H,2-3,12-14H2,1H3,(H,21,23). The summed E-state index contributed by atoms with van der Waals surface area (Å²) in [5.74, 6) is -0.273. The lowest BCUT2D eigenvalue weighted by Gasteiger charge is -2.17. The molecule has 1 saturated heterocycles. The molecule has 136 valence electrons. The fourth-order valence-electron chi connectivity index (χ4n) is 2.87. The molecule has 3 rings (SSSR count). The van der Waals surface area contributed by atoms with Crippen molar-refractivity contribution >= 4 is 23.3 Å². The number of amides is 1. The minimum atomic E-state index is -0.549. The highest BCUT2D eigenvalue weighted by molar-refractivity contribution is 5.95. The molecule has 1 heterocycles. The molecule has 0 atom stereocenters. The first-order chi connectivity index (χ1) is 12.7. The summed E-state index contributed by atoms with van der Waals surface area (Å²) in [7, 11) is 1.55. The summed E-state index contributed by atoms with van der Waals surface area (Å²) in [5.41, 5.74) is 2.21. The average molecular weight is 354 g/mol. The minimum Gasteiger partial charge on any atom is -0.497 e. The summed E-state index contributed by atoms with van der Waals surface area (Å²) in [6, 6.07) is 14.2. The van der Waals surface area contributed by atoms with Crippen LogP contribution in [0.3, 0.4) is 0 Å². The van der Waals surface area contributed by atoms with E-state index in [0.717, 1.165) is 18.8 Å². The van der Waals surface area contributed by atoms with Crippen LogP contribution in [-0.2, 0) is 9.53 Å². The first-order valence-electron chi connectivity index (χ1n) is 8.62. The molecule has 2 aromatic carbocycles. The van der Waals surface area contributed by atoms with Gasteiger partial charge in [-0.2, -0.15) is 0 Å². The van der Waals surface area contributed by atoms with Crippen LogP contribution < -0.4 is 15.0 Å². The second-order valence-electron chi connectivity index (χ2n) is 6.09. The van der Waals surface area contributed by atoms with E-state index in [2.05, 4.69) is 10.2 Å². The van der Waals surface area contributed by atoms with Crippen molar-refractivity contribution in [3.8, 4) is 5.75 Å². The van der Waals surface area contributed by atoms with Gasteiger partial charge in [0.05, 0.1) is 12.7 Å². The Morgan fingerprint density at radius 2 is 1.65 bits per heavy atom. The Balaban J connectivity index is 1.48. The molecule has 26 heavy (non-hydrogen) atoms. The van der Waals surface area contributed by atoms with Gasteiger partial charge in [-0.25, -0.2) is 4.79 Å². The molecule has 0 bridgehead atoms. The molecule has 0 spiro atoms. The number of hydrogen-bond acceptors (Lipinski definition) is 5. The number of methoxy groups -OCH3 is 1. The monoisotopic (exact) mass is 354 g/mol. The number of carbonyl (C=O) groups is 2. The van der Waals surface area contributed by atoms with E-state index >= 15 is 0 Å². The fourth-order valence-corrected chi connectivity index (χ4v) is 2.87. The number of ether oxygens (including phenoxy) is 2. The molecule has 1 amide bonds. The topological polar surface area (TPSA) is 67.9 Å². The molecule has 1 fully saturated rings. The zero-order valence-corrected chi connectivity index (χ0v) is 14.7. The Hall–Kier alpha value is -3.02. The Kier molecular flexibility index (Phi) is 5.73. The van der Waals surface area contributed by atoms with Crippen molar-refractivity contribution in [1.82, 2.24) is 0 Å². The average Bonchev–Trinajstić information content (AvgIpc) is 3.21. The van der Waals surface area contributed by atoms with Crippen molar-refractivity contribution in [3.63, 3.8) is 0 Å². The van der Waals surface area contributed by atoms with Crippen LogP contribution in [0.5, 0.6) is 5.75 Å². The van der Waals surface area contributed by atoms with E-state index in [0.29, 0.717) is 17.0 Å². The van der Waals surface area contributed by atoms with Crippen LogP contribution in [0.25, 0.3) is 0 Å². The third-order valence-corrected chi connectivity index (χ3v) is 4.28. The predicted octanol–water partition coefficient (Wildman–Crippen LogP) is 3.09. The molecule has 0 saturated carbocycles. The predicted molar refractivity (Wildman–Crippen MR) is 99.8 cm³/mol. The second kappa shape index (κ2) is 8.38. The number of anilines is 2. The first-order valence-corrected chi connectivity index (χ1v) is 8.62. The Morgan fingerprint density at radius 3 is 2.27 bits per heavy atom. The van der Waals surface area contributed by atoms with Crippen molar-refractivity contribution < 1.29 is 19.1 Å². The van der Waals surface area contributed by atoms with Crippen LogP contribution in [0, 0.1) is 0 Å². The summed E-state index contributed by atoms with van der Waals surface area (Å²) in [6.45, 7) is 1.82. The molecule has 0 radical (unpaired) electrons. The maximum absolute atomic E-state index is 12.0. The van der Waals surface area contributed by atoms with Gasteiger partial charge in [-0.3, -0.25) is 4.79 Å². The Morgan fingerprint density at radius 1 is 1.00 bits per heavy atom. The normalized spacial score (nSPS) is 13.3. The van der Waals surface area contributed by atoms with Gasteiger partial charge in [0.25, 0.3) is 5.91 Å². The molecule has 6 heteroatoms. The maximum atomic E-state index is 12.0. The van der Waals surface area contributed by atoms with Gasteiger partial charge in [0.1, 0.15) is 5.75 Å². The van der Waals surface area contributed by atoms with Crippen LogP contribution >= 0.6 is 0 Å². The molecule has 1 aliphatic heterocycles. The van der Waals surface area contributed by atoms with Gasteiger partial charge in [0.15, 0.2) is 6.61 Å². The van der Waals surface area contributed by atoms with E-state index < -0.39 is 5.97 Å². The van der Waals surface area contributed by atoms with E-state index in [1.54, 1.807) is 31.4 Å². The number of rotatable bonds is 6. The quantitative estimate of drug-likeness (QED) is 0.808. The summed E-state index contributed by atoms with van der Waals surface area (Å²) >= 11 is 0. The highest BCUT2D eigenvalue weighted by Gasteiger charge is 2.13. The van der Waals surface area contributed by atoms with Gasteiger partial charge >= 0.3 is 5.97 Å². The van der Waals surface area contributed by atoms with E-state index in [4.69, 9.17) is 9.47 Å². The smallest absolute Gasteiger partial charge is 0.338 e. The zero-order chi connectivity index (χ0) is 18.4. The molecule has 6 nitrogen and oxygen atoms in total. The van der Waals surface area contributed by atoms with Crippen molar-refractivity contribution in [2.75, 3.05) is 37.0 Å². The van der Waals surface area contributed by atoms with Crippen LogP contribution in [0.15, 0.2) is 48.5 Å². The van der Waals surface area contributed by atoms with Gasteiger partial charge in [-0.05, 0) is 61.4 Å². The maximum Gasteiger partial charge on any atom is 0.338 e. The number of esters is 1. The van der Waals surface area contributed by atoms with Crippen molar-refractivity contribution in [2.24, 2.45) is 0 Å². The number of nitrogens with one attached hydrogen (secondary N) is 1. The second-order valence-corrected chi connectivity index (χ2v) is 6.09. The van der Waals surface area contributed by atoms with Gasteiger partial charge in [-0.15, -0.1) is 0 Å². The van der Waals surface area contributed by atoms with E-state index in [-0.39, 0.29) is 12.5 Å². The largest absolute Gasteiger partial charge is 0.497 e. The summed E-state index contributed by atoms with van der Waals surface area (Å²) in [4.78, 5) is 26.2. The molecule has 1 aliphatic rings. The van der Waals surface area contributed by atoms with Gasteiger partial charge in [-0.1, -0.05) is 0 Å². The zero-order valence-electron chi connectivity index (χ0n) is 14.7. The molecule has 0 aromatic heterocycles. The van der Waals surface area contributed by atoms with Gasteiger partial charge in [0, 0.05) is 24.5 Å². The lowest BCUT2D eigenvalue weighted by molar-refractivity contribution is -0.119. The van der Waals surface area contributed by atoms with Crippen molar-refractivity contribution in [3.05, 3.63) is 54.1 Å². The molecule has 0 aliphatic carbocycles. The highest BCUT2D eigenvalue weighted by Crippen LogP contribution is 2.22. The molecular formula is C20H22N2O4. The van der Waals surface area contributed by atoms with Crippen LogP contribution in [0.4, 0.5) is 11.4 Å². The molecule has 2 aromatic rings. The summed E-state index contributed by atoms with van der Waals surface area (Å²) in [6.07, 6.45) is 2.44. The highest BCUT2D eigenvalue weighted by atomic mass is 16.5. The summed E-state index contributed by atoms with van der Waals surface area (Å²) in [5, 5.41) is 2.73. The lowest BCUT2D eigenvalue weighted by atomic mass is 10.2. The molecule has 0 unspecified atom stereocenters. The third kappa shape index (κ3) is 4.53. The van der Waals surface area contributed by atoms with Gasteiger partial charge in [0.2, 0.25) is 0 Å². The van der Waals surface area contributed by atoms with Crippen molar-refractivity contribution in [2.45, 2.75) is 12.8 Å². The first kappa shape index (κ1) is 17.8. The van der Waals surface area contributed by atoms with Gasteiger partial charge < -0.3 is 19.7 Å². The number of carbonyl (C=O) groups excluding carboxylic acids is 2. The van der Waals surface area contributed by atoms with Crippen LogP contribution in [0.2, 0.25) is 0 Å². The SMILES string of the molecule is COc1ccc(C(=O)OCC(=O)Nc2ccc(N3CCCC3)cc2)cc1. The third-order valence-electron chi connectivity index (χ3n) is 4.28. The number of hydrogen-bond donors (Lipinski definition) is 1.